The number of ketones is 1. The van der Waals surface area contributed by atoms with Gasteiger partial charge in [0.2, 0.25) is 0 Å². The van der Waals surface area contributed by atoms with Crippen LogP contribution in [0.1, 0.15) is 29.4 Å². The number of hydrogen-bond acceptors (Lipinski definition) is 3. The lowest BCUT2D eigenvalue weighted by molar-refractivity contribution is 0.0983. The Morgan fingerprint density at radius 1 is 1.33 bits per heavy atom. The first-order valence-corrected chi connectivity index (χ1v) is 5.94. The highest BCUT2D eigenvalue weighted by Gasteiger charge is 2.10. The molecule has 0 N–H and O–H groups in total. The van der Waals surface area contributed by atoms with Gasteiger partial charge in [0.05, 0.1) is 11.3 Å². The topological polar surface area (TPSA) is 44.1 Å². The van der Waals surface area contributed by atoms with Crippen LogP contribution in [0.5, 0.6) is 5.75 Å². The average Bonchev–Trinajstić information content (AvgIpc) is 2.81. The van der Waals surface area contributed by atoms with E-state index in [0.29, 0.717) is 24.3 Å². The standard InChI is InChI=1S/C14H16N2O2/c1-3-13(17)12-6-4-5-7-14(12)18-10-11-8-9-16(2)15-11/h4-9H,3,10H2,1-2H3. The molecule has 0 aliphatic carbocycles. The van der Waals surface area contributed by atoms with E-state index in [1.807, 2.05) is 44.4 Å². The van der Waals surface area contributed by atoms with E-state index in [1.165, 1.54) is 0 Å². The SMILES string of the molecule is CCC(=O)c1ccccc1OCc1ccn(C)n1. The molecule has 94 valence electrons. The summed E-state index contributed by atoms with van der Waals surface area (Å²) in [5, 5.41) is 4.23. The minimum Gasteiger partial charge on any atom is -0.486 e. The summed E-state index contributed by atoms with van der Waals surface area (Å²) < 4.78 is 7.39. The molecule has 0 atom stereocenters. The first kappa shape index (κ1) is 12.4. The first-order valence-electron chi connectivity index (χ1n) is 5.94. The Labute approximate surface area is 106 Å². The summed E-state index contributed by atoms with van der Waals surface area (Å²) in [6.07, 6.45) is 2.34. The molecule has 0 fully saturated rings. The molecular weight excluding hydrogens is 228 g/mol. The summed E-state index contributed by atoms with van der Waals surface area (Å²) >= 11 is 0. The second-order valence-electron chi connectivity index (χ2n) is 4.04. The van der Waals surface area contributed by atoms with Gasteiger partial charge in [0.25, 0.3) is 0 Å². The Morgan fingerprint density at radius 2 is 2.11 bits per heavy atom. The zero-order valence-electron chi connectivity index (χ0n) is 10.6. The predicted octanol–water partition coefficient (Wildman–Crippen LogP) is 2.59. The van der Waals surface area contributed by atoms with Crippen molar-refractivity contribution in [2.24, 2.45) is 7.05 Å². The highest BCUT2D eigenvalue weighted by atomic mass is 16.5. The number of rotatable bonds is 5. The molecule has 0 aliphatic heterocycles. The largest absolute Gasteiger partial charge is 0.486 e. The summed E-state index contributed by atoms with van der Waals surface area (Å²) in [5.41, 5.74) is 1.48. The monoisotopic (exact) mass is 244 g/mol. The highest BCUT2D eigenvalue weighted by molar-refractivity contribution is 5.98. The van der Waals surface area contributed by atoms with Crippen LogP contribution < -0.4 is 4.74 Å². The fourth-order valence-corrected chi connectivity index (χ4v) is 1.71. The Balaban J connectivity index is 2.11. The zero-order valence-corrected chi connectivity index (χ0v) is 10.6. The van der Waals surface area contributed by atoms with Gasteiger partial charge in [-0.3, -0.25) is 9.48 Å². The molecular formula is C14H16N2O2. The molecule has 0 unspecified atom stereocenters. The fourth-order valence-electron chi connectivity index (χ4n) is 1.71. The molecule has 1 aromatic carbocycles. The van der Waals surface area contributed by atoms with Crippen LogP contribution in [-0.4, -0.2) is 15.6 Å². The van der Waals surface area contributed by atoms with Gasteiger partial charge in [0, 0.05) is 19.7 Å². The molecule has 1 heterocycles. The number of nitrogens with zero attached hydrogens (tertiary/aromatic N) is 2. The van der Waals surface area contributed by atoms with Crippen LogP contribution in [-0.2, 0) is 13.7 Å². The molecule has 0 spiro atoms. The molecule has 0 amide bonds. The predicted molar refractivity (Wildman–Crippen MR) is 68.6 cm³/mol. The maximum Gasteiger partial charge on any atom is 0.166 e. The normalized spacial score (nSPS) is 10.3. The quantitative estimate of drug-likeness (QED) is 0.759. The van der Waals surface area contributed by atoms with Gasteiger partial charge in [-0.15, -0.1) is 0 Å². The van der Waals surface area contributed by atoms with Crippen molar-refractivity contribution in [2.45, 2.75) is 20.0 Å². The minimum atomic E-state index is 0.0895. The number of carbonyl (C=O) groups excluding carboxylic acids is 1. The molecule has 0 radical (unpaired) electrons. The van der Waals surface area contributed by atoms with Gasteiger partial charge in [-0.1, -0.05) is 19.1 Å². The molecule has 1 aromatic heterocycles. The van der Waals surface area contributed by atoms with Gasteiger partial charge in [-0.2, -0.15) is 5.10 Å². The van der Waals surface area contributed by atoms with E-state index in [9.17, 15) is 4.79 Å². The highest BCUT2D eigenvalue weighted by Crippen LogP contribution is 2.20. The summed E-state index contributed by atoms with van der Waals surface area (Å²) in [6, 6.07) is 9.20. The van der Waals surface area contributed by atoms with Crippen LogP contribution >= 0.6 is 0 Å². The lowest BCUT2D eigenvalue weighted by Gasteiger charge is -2.08. The third kappa shape index (κ3) is 2.77. The van der Waals surface area contributed by atoms with Crippen molar-refractivity contribution in [2.75, 3.05) is 0 Å². The molecule has 2 rings (SSSR count). The lowest BCUT2D eigenvalue weighted by Crippen LogP contribution is -2.04. The molecule has 18 heavy (non-hydrogen) atoms. The molecule has 0 bridgehead atoms. The molecule has 4 heteroatoms. The zero-order chi connectivity index (χ0) is 13.0. The van der Waals surface area contributed by atoms with Gasteiger partial charge >= 0.3 is 0 Å². The molecule has 0 saturated carbocycles. The summed E-state index contributed by atoms with van der Waals surface area (Å²) in [7, 11) is 1.86. The number of para-hydroxylation sites is 1. The van der Waals surface area contributed by atoms with E-state index in [4.69, 9.17) is 4.74 Å². The number of ether oxygens (including phenoxy) is 1. The van der Waals surface area contributed by atoms with Crippen LogP contribution in [0.2, 0.25) is 0 Å². The van der Waals surface area contributed by atoms with Crippen molar-refractivity contribution in [3.63, 3.8) is 0 Å². The Kier molecular flexibility index (Phi) is 3.77. The van der Waals surface area contributed by atoms with Gasteiger partial charge in [-0.25, -0.2) is 0 Å². The maximum atomic E-state index is 11.7. The molecule has 4 nitrogen and oxygen atoms in total. The number of aryl methyl sites for hydroxylation is 1. The van der Waals surface area contributed by atoms with Crippen molar-refractivity contribution in [3.05, 3.63) is 47.8 Å². The van der Waals surface area contributed by atoms with E-state index in [-0.39, 0.29) is 5.78 Å². The smallest absolute Gasteiger partial charge is 0.166 e. The van der Waals surface area contributed by atoms with E-state index >= 15 is 0 Å². The maximum absolute atomic E-state index is 11.7. The number of aromatic nitrogens is 2. The Morgan fingerprint density at radius 3 is 2.78 bits per heavy atom. The number of Topliss-reactive ketones (excluding diaryl/α,β-unsaturated/α-hetero) is 1. The fraction of sp³-hybridized carbons (Fsp3) is 0.286. The van der Waals surface area contributed by atoms with Gasteiger partial charge < -0.3 is 4.74 Å². The van der Waals surface area contributed by atoms with Crippen LogP contribution in [0.25, 0.3) is 0 Å². The van der Waals surface area contributed by atoms with E-state index in [0.717, 1.165) is 5.69 Å². The van der Waals surface area contributed by atoms with E-state index in [1.54, 1.807) is 10.7 Å². The van der Waals surface area contributed by atoms with Gasteiger partial charge in [-0.05, 0) is 18.2 Å². The van der Waals surface area contributed by atoms with Crippen LogP contribution in [0.4, 0.5) is 0 Å². The third-order valence-electron chi connectivity index (χ3n) is 2.65. The van der Waals surface area contributed by atoms with Crippen molar-refractivity contribution >= 4 is 5.78 Å². The number of benzene rings is 1. The lowest BCUT2D eigenvalue weighted by atomic mass is 10.1. The van der Waals surface area contributed by atoms with E-state index < -0.39 is 0 Å². The summed E-state index contributed by atoms with van der Waals surface area (Å²) in [5.74, 6) is 0.710. The molecule has 0 saturated heterocycles. The van der Waals surface area contributed by atoms with Crippen molar-refractivity contribution in [1.29, 1.82) is 0 Å². The van der Waals surface area contributed by atoms with Crippen LogP contribution in [0.15, 0.2) is 36.5 Å². The van der Waals surface area contributed by atoms with Crippen LogP contribution in [0, 0.1) is 0 Å². The van der Waals surface area contributed by atoms with Gasteiger partial charge in [0.15, 0.2) is 5.78 Å². The van der Waals surface area contributed by atoms with E-state index in [2.05, 4.69) is 5.10 Å². The second-order valence-corrected chi connectivity index (χ2v) is 4.04. The van der Waals surface area contributed by atoms with Gasteiger partial charge in [0.1, 0.15) is 12.4 Å². The summed E-state index contributed by atoms with van der Waals surface area (Å²) in [6.45, 7) is 2.21. The number of hydrogen-bond donors (Lipinski definition) is 0. The average molecular weight is 244 g/mol. The van der Waals surface area contributed by atoms with Crippen molar-refractivity contribution in [3.8, 4) is 5.75 Å². The summed E-state index contributed by atoms with van der Waals surface area (Å²) in [4.78, 5) is 11.7. The van der Waals surface area contributed by atoms with Crippen LogP contribution in [0.3, 0.4) is 0 Å². The number of carbonyl (C=O) groups is 1. The molecule has 2 aromatic rings. The third-order valence-corrected chi connectivity index (χ3v) is 2.65. The molecule has 0 aliphatic rings. The minimum absolute atomic E-state index is 0.0895. The second kappa shape index (κ2) is 5.49. The Hall–Kier alpha value is -2.10. The van der Waals surface area contributed by atoms with Crippen molar-refractivity contribution in [1.82, 2.24) is 9.78 Å². The first-order chi connectivity index (χ1) is 8.70. The Bertz CT molecular complexity index is 546. The van der Waals surface area contributed by atoms with Crippen molar-refractivity contribution < 1.29 is 9.53 Å².